The molecule has 1 rings (SSSR count). The highest BCUT2D eigenvalue weighted by molar-refractivity contribution is 5.92. The van der Waals surface area contributed by atoms with Gasteiger partial charge < -0.3 is 20.1 Å². The van der Waals surface area contributed by atoms with Crippen molar-refractivity contribution in [3.8, 4) is 0 Å². The van der Waals surface area contributed by atoms with Crippen molar-refractivity contribution >= 4 is 17.7 Å². The lowest BCUT2D eigenvalue weighted by Gasteiger charge is -2.27. The molecule has 0 aliphatic rings. The van der Waals surface area contributed by atoms with Gasteiger partial charge in [-0.3, -0.25) is 0 Å². The zero-order valence-corrected chi connectivity index (χ0v) is 16.9. The van der Waals surface area contributed by atoms with Gasteiger partial charge in [0, 0.05) is 5.69 Å². The number of ether oxygens (including phenoxy) is 2. The molecule has 0 bridgehead atoms. The minimum Gasteiger partial charge on any atom is -0.458 e. The zero-order chi connectivity index (χ0) is 20.0. The molecule has 146 valence electrons. The lowest BCUT2D eigenvalue weighted by molar-refractivity contribution is -0.160. The normalized spacial score (nSPS) is 13.0. The first-order valence-electron chi connectivity index (χ1n) is 8.93. The largest absolute Gasteiger partial charge is 0.458 e. The first-order valence-corrected chi connectivity index (χ1v) is 8.93. The molecule has 0 fully saturated rings. The topological polar surface area (TPSA) is 76.7 Å². The van der Waals surface area contributed by atoms with E-state index in [0.717, 1.165) is 6.42 Å². The van der Waals surface area contributed by atoms with E-state index in [1.165, 1.54) is 5.56 Å². The molecule has 0 saturated heterocycles. The van der Waals surface area contributed by atoms with Gasteiger partial charge in [-0.1, -0.05) is 19.1 Å². The number of aryl methyl sites for hydroxylation is 1. The van der Waals surface area contributed by atoms with Gasteiger partial charge in [-0.15, -0.1) is 0 Å². The summed E-state index contributed by atoms with van der Waals surface area (Å²) in [5.74, 6) is -0.529. The molecule has 1 atom stereocenters. The Labute approximate surface area is 156 Å². The van der Waals surface area contributed by atoms with E-state index in [2.05, 4.69) is 17.6 Å². The van der Waals surface area contributed by atoms with Gasteiger partial charge in [-0.25, -0.2) is 9.59 Å². The van der Waals surface area contributed by atoms with E-state index >= 15 is 0 Å². The second-order valence-corrected chi connectivity index (χ2v) is 8.16. The first-order chi connectivity index (χ1) is 11.9. The summed E-state index contributed by atoms with van der Waals surface area (Å²) in [4.78, 5) is 24.7. The Morgan fingerprint density at radius 3 is 2.04 bits per heavy atom. The fourth-order valence-electron chi connectivity index (χ4n) is 2.02. The van der Waals surface area contributed by atoms with Crippen LogP contribution >= 0.6 is 0 Å². The number of anilines is 1. The van der Waals surface area contributed by atoms with E-state index in [4.69, 9.17) is 9.47 Å². The molecule has 0 radical (unpaired) electrons. The summed E-state index contributed by atoms with van der Waals surface area (Å²) in [6, 6.07) is 6.16. The minimum atomic E-state index is -0.900. The smallest absolute Gasteiger partial charge is 0.331 e. The van der Waals surface area contributed by atoms with Crippen molar-refractivity contribution in [2.45, 2.75) is 72.1 Å². The molecule has 0 aliphatic heterocycles. The summed E-state index contributed by atoms with van der Waals surface area (Å²) in [5, 5.41) is 5.36. The molecule has 6 nitrogen and oxygen atoms in total. The Hall–Kier alpha value is -2.08. The molecule has 6 heteroatoms. The van der Waals surface area contributed by atoms with Crippen molar-refractivity contribution in [1.82, 2.24) is 5.32 Å². The first kappa shape index (κ1) is 22.0. The number of hydrogen-bond donors (Lipinski definition) is 2. The minimum absolute atomic E-state index is 0.0284. The molecule has 26 heavy (non-hydrogen) atoms. The maximum Gasteiger partial charge on any atom is 0.331 e. The molecular formula is C20H32N2O4. The van der Waals surface area contributed by atoms with Gasteiger partial charge in [-0.2, -0.15) is 0 Å². The van der Waals surface area contributed by atoms with Gasteiger partial charge in [0.25, 0.3) is 0 Å². The van der Waals surface area contributed by atoms with Gasteiger partial charge in [0.15, 0.2) is 6.04 Å². The molecule has 0 spiro atoms. The third-order valence-electron chi connectivity index (χ3n) is 3.30. The van der Waals surface area contributed by atoms with Crippen LogP contribution in [-0.2, 0) is 20.7 Å². The Morgan fingerprint density at radius 1 is 1.00 bits per heavy atom. The number of amides is 2. The van der Waals surface area contributed by atoms with Gasteiger partial charge in [0.2, 0.25) is 0 Å². The number of esters is 1. The molecule has 2 N–H and O–H groups in total. The van der Waals surface area contributed by atoms with E-state index in [-0.39, 0.29) is 6.61 Å². The highest BCUT2D eigenvalue weighted by atomic mass is 16.6. The van der Waals surface area contributed by atoms with Crippen LogP contribution in [0.3, 0.4) is 0 Å². The van der Waals surface area contributed by atoms with Crippen LogP contribution in [0, 0.1) is 0 Å². The molecule has 1 aromatic rings. The van der Waals surface area contributed by atoms with Crippen LogP contribution in [0.1, 0.15) is 54.0 Å². The molecule has 0 aromatic heterocycles. The molecule has 1 unspecified atom stereocenters. The summed E-state index contributed by atoms with van der Waals surface area (Å²) in [6.45, 7) is 13.1. The zero-order valence-electron chi connectivity index (χ0n) is 16.9. The van der Waals surface area contributed by atoms with Crippen molar-refractivity contribution in [1.29, 1.82) is 0 Å². The number of carbonyl (C=O) groups is 2. The van der Waals surface area contributed by atoms with Crippen LogP contribution in [0.5, 0.6) is 0 Å². The molecule has 0 aliphatic carbocycles. The van der Waals surface area contributed by atoms with Crippen molar-refractivity contribution < 1.29 is 19.1 Å². The Kier molecular flexibility index (Phi) is 7.63. The lowest BCUT2D eigenvalue weighted by atomic mass is 10.1. The fraction of sp³-hybridized carbons (Fsp3) is 0.600. The summed E-state index contributed by atoms with van der Waals surface area (Å²) < 4.78 is 11.1. The third kappa shape index (κ3) is 8.85. The number of rotatable bonds is 6. The average Bonchev–Trinajstić information content (AvgIpc) is 2.49. The van der Waals surface area contributed by atoms with E-state index in [1.54, 1.807) is 20.8 Å². The Balaban J connectivity index is 2.75. The van der Waals surface area contributed by atoms with Crippen LogP contribution < -0.4 is 10.6 Å². The van der Waals surface area contributed by atoms with Crippen LogP contribution in [0.15, 0.2) is 24.3 Å². The standard InChI is InChI=1S/C20H32N2O4/c1-8-14-9-11-15(12-10-14)21-18(24)22-16(13-25-19(2,3)4)17(23)26-20(5,6)7/h9-12,16H,8,13H2,1-7H3,(H2,21,22,24). The monoisotopic (exact) mass is 364 g/mol. The van der Waals surface area contributed by atoms with Crippen molar-refractivity contribution in [3.05, 3.63) is 29.8 Å². The third-order valence-corrected chi connectivity index (χ3v) is 3.30. The summed E-state index contributed by atoms with van der Waals surface area (Å²) in [7, 11) is 0. The number of nitrogens with one attached hydrogen (secondary N) is 2. The Morgan fingerprint density at radius 2 is 1.58 bits per heavy atom. The molecule has 0 heterocycles. The van der Waals surface area contributed by atoms with Crippen LogP contribution in [0.25, 0.3) is 0 Å². The predicted molar refractivity (Wildman–Crippen MR) is 103 cm³/mol. The highest BCUT2D eigenvalue weighted by Crippen LogP contribution is 2.13. The maximum atomic E-state index is 12.4. The molecular weight excluding hydrogens is 332 g/mol. The molecule has 1 aromatic carbocycles. The average molecular weight is 364 g/mol. The van der Waals surface area contributed by atoms with Crippen LogP contribution in [0.2, 0.25) is 0 Å². The number of urea groups is 1. The van der Waals surface area contributed by atoms with Crippen LogP contribution in [0.4, 0.5) is 10.5 Å². The van der Waals surface area contributed by atoms with Crippen LogP contribution in [-0.4, -0.2) is 35.9 Å². The van der Waals surface area contributed by atoms with Gasteiger partial charge >= 0.3 is 12.0 Å². The number of benzene rings is 1. The van der Waals surface area contributed by atoms with Crippen molar-refractivity contribution in [2.24, 2.45) is 0 Å². The second kappa shape index (κ2) is 9.03. The summed E-state index contributed by atoms with van der Waals surface area (Å²) in [6.07, 6.45) is 0.928. The van der Waals surface area contributed by atoms with Crippen molar-refractivity contribution in [3.63, 3.8) is 0 Å². The molecule has 2 amide bonds. The lowest BCUT2D eigenvalue weighted by Crippen LogP contribution is -2.49. The van der Waals surface area contributed by atoms with E-state index < -0.39 is 29.2 Å². The number of carbonyl (C=O) groups excluding carboxylic acids is 2. The van der Waals surface area contributed by atoms with Gasteiger partial charge in [-0.05, 0) is 65.7 Å². The summed E-state index contributed by atoms with van der Waals surface area (Å²) >= 11 is 0. The van der Waals surface area contributed by atoms with E-state index in [0.29, 0.717) is 5.69 Å². The number of hydrogen-bond acceptors (Lipinski definition) is 4. The van der Waals surface area contributed by atoms with E-state index in [9.17, 15) is 9.59 Å². The van der Waals surface area contributed by atoms with Gasteiger partial charge in [0.05, 0.1) is 12.2 Å². The van der Waals surface area contributed by atoms with Crippen molar-refractivity contribution in [2.75, 3.05) is 11.9 Å². The Bertz CT molecular complexity index is 598. The quantitative estimate of drug-likeness (QED) is 0.751. The highest BCUT2D eigenvalue weighted by Gasteiger charge is 2.28. The molecule has 0 saturated carbocycles. The van der Waals surface area contributed by atoms with Gasteiger partial charge in [0.1, 0.15) is 5.60 Å². The van der Waals surface area contributed by atoms with E-state index in [1.807, 2.05) is 45.0 Å². The SMILES string of the molecule is CCc1ccc(NC(=O)NC(COC(C)(C)C)C(=O)OC(C)(C)C)cc1. The summed E-state index contributed by atoms with van der Waals surface area (Å²) in [5.41, 5.74) is 0.750. The maximum absolute atomic E-state index is 12.4. The predicted octanol–water partition coefficient (Wildman–Crippen LogP) is 3.90. The second-order valence-electron chi connectivity index (χ2n) is 8.16. The fourth-order valence-corrected chi connectivity index (χ4v) is 2.02.